The SMILES string of the molecule is CC1(F)[C@@H](O)[C@@H](COC(=O)c2ccccc2)O[C@H]1n1ccc(N)nc1=O. The van der Waals surface area contributed by atoms with Crippen molar-refractivity contribution in [2.45, 2.75) is 31.0 Å². The Morgan fingerprint density at radius 1 is 1.42 bits per heavy atom. The monoisotopic (exact) mass is 363 g/mol. The van der Waals surface area contributed by atoms with Gasteiger partial charge in [-0.15, -0.1) is 0 Å². The minimum absolute atomic E-state index is 0.0151. The highest BCUT2D eigenvalue weighted by Gasteiger charge is 2.55. The highest BCUT2D eigenvalue weighted by molar-refractivity contribution is 5.89. The summed E-state index contributed by atoms with van der Waals surface area (Å²) in [7, 11) is 0. The normalized spacial score (nSPS) is 28.0. The number of ether oxygens (including phenoxy) is 2. The summed E-state index contributed by atoms with van der Waals surface area (Å²) in [6.07, 6.45) is -2.95. The Morgan fingerprint density at radius 3 is 2.77 bits per heavy atom. The number of anilines is 1. The standard InChI is InChI=1S/C17H18FN3O5/c1-17(18)13(22)11(9-25-14(23)10-5-3-2-4-6-10)26-15(17)21-8-7-12(19)20-16(21)24/h2-8,11,13,15,22H,9H2,1H3,(H2,19,20,24)/t11-,13+,15-,17?/m1/s1. The van der Waals surface area contributed by atoms with Crippen LogP contribution in [0.3, 0.4) is 0 Å². The molecule has 138 valence electrons. The maximum absolute atomic E-state index is 15.0. The molecule has 0 bridgehead atoms. The second-order valence-electron chi connectivity index (χ2n) is 6.13. The fraction of sp³-hybridized carbons (Fsp3) is 0.353. The Balaban J connectivity index is 1.74. The Labute approximate surface area is 148 Å². The van der Waals surface area contributed by atoms with E-state index in [0.717, 1.165) is 11.5 Å². The van der Waals surface area contributed by atoms with E-state index in [-0.39, 0.29) is 12.4 Å². The lowest BCUT2D eigenvalue weighted by molar-refractivity contribution is -0.0645. The van der Waals surface area contributed by atoms with Gasteiger partial charge in [-0.3, -0.25) is 4.57 Å². The van der Waals surface area contributed by atoms with Crippen LogP contribution in [-0.4, -0.2) is 45.1 Å². The van der Waals surface area contributed by atoms with Crippen molar-refractivity contribution in [2.24, 2.45) is 0 Å². The van der Waals surface area contributed by atoms with Crippen molar-refractivity contribution in [3.63, 3.8) is 0 Å². The molecule has 4 atom stereocenters. The zero-order chi connectivity index (χ0) is 18.9. The van der Waals surface area contributed by atoms with E-state index in [2.05, 4.69) is 4.98 Å². The van der Waals surface area contributed by atoms with Gasteiger partial charge in [0.15, 0.2) is 11.9 Å². The predicted octanol–water partition coefficient (Wildman–Crippen LogP) is 0.669. The quantitative estimate of drug-likeness (QED) is 0.767. The summed E-state index contributed by atoms with van der Waals surface area (Å²) in [5.74, 6) is -0.643. The second-order valence-corrected chi connectivity index (χ2v) is 6.13. The van der Waals surface area contributed by atoms with Crippen molar-refractivity contribution in [1.82, 2.24) is 9.55 Å². The number of carbonyl (C=O) groups is 1. The zero-order valence-electron chi connectivity index (χ0n) is 13.9. The molecule has 8 nitrogen and oxygen atoms in total. The van der Waals surface area contributed by atoms with Gasteiger partial charge >= 0.3 is 11.7 Å². The number of nitrogens with two attached hydrogens (primary N) is 1. The van der Waals surface area contributed by atoms with Crippen LogP contribution in [0.15, 0.2) is 47.4 Å². The summed E-state index contributed by atoms with van der Waals surface area (Å²) < 4.78 is 26.5. The number of alkyl halides is 1. The molecule has 1 aromatic carbocycles. The van der Waals surface area contributed by atoms with Crippen LogP contribution in [0.2, 0.25) is 0 Å². The molecular weight excluding hydrogens is 345 g/mol. The maximum atomic E-state index is 15.0. The number of aliphatic hydroxyl groups is 1. The fourth-order valence-electron chi connectivity index (χ4n) is 2.77. The third-order valence-corrected chi connectivity index (χ3v) is 4.21. The molecule has 1 aromatic heterocycles. The zero-order valence-corrected chi connectivity index (χ0v) is 13.9. The van der Waals surface area contributed by atoms with E-state index in [1.165, 1.54) is 12.3 Å². The molecule has 0 aliphatic carbocycles. The van der Waals surface area contributed by atoms with Gasteiger partial charge in [0.2, 0.25) is 0 Å². The lowest BCUT2D eigenvalue weighted by atomic mass is 9.98. The van der Waals surface area contributed by atoms with E-state index in [0.29, 0.717) is 5.56 Å². The van der Waals surface area contributed by atoms with Crippen LogP contribution in [0.1, 0.15) is 23.5 Å². The number of carbonyl (C=O) groups excluding carboxylic acids is 1. The molecule has 2 aromatic rings. The molecule has 1 aliphatic rings. The van der Waals surface area contributed by atoms with Gasteiger partial charge in [0, 0.05) is 6.20 Å². The van der Waals surface area contributed by atoms with Gasteiger partial charge in [-0.25, -0.2) is 14.0 Å². The number of nitrogen functional groups attached to an aromatic ring is 1. The molecular formula is C17H18FN3O5. The van der Waals surface area contributed by atoms with E-state index in [1.54, 1.807) is 30.3 Å². The van der Waals surface area contributed by atoms with Crippen LogP contribution in [0.25, 0.3) is 0 Å². The molecule has 1 fully saturated rings. The molecule has 9 heteroatoms. The van der Waals surface area contributed by atoms with Crippen LogP contribution < -0.4 is 11.4 Å². The smallest absolute Gasteiger partial charge is 0.351 e. The summed E-state index contributed by atoms with van der Waals surface area (Å²) in [5, 5.41) is 10.2. The van der Waals surface area contributed by atoms with Crippen molar-refractivity contribution in [3.8, 4) is 0 Å². The van der Waals surface area contributed by atoms with Gasteiger partial charge in [0.05, 0.1) is 5.56 Å². The molecule has 1 aliphatic heterocycles. The maximum Gasteiger partial charge on any atom is 0.351 e. The molecule has 1 unspecified atom stereocenters. The molecule has 2 heterocycles. The number of nitrogens with zero attached hydrogens (tertiary/aromatic N) is 2. The second kappa shape index (κ2) is 6.85. The van der Waals surface area contributed by atoms with Gasteiger partial charge in [-0.05, 0) is 25.1 Å². The minimum atomic E-state index is -2.30. The number of aromatic nitrogens is 2. The summed E-state index contributed by atoms with van der Waals surface area (Å²) >= 11 is 0. The van der Waals surface area contributed by atoms with E-state index in [1.807, 2.05) is 0 Å². The third-order valence-electron chi connectivity index (χ3n) is 4.21. The molecule has 26 heavy (non-hydrogen) atoms. The summed E-state index contributed by atoms with van der Waals surface area (Å²) in [5.41, 5.74) is 2.62. The van der Waals surface area contributed by atoms with Gasteiger partial charge in [0.25, 0.3) is 0 Å². The first-order chi connectivity index (χ1) is 12.3. The molecule has 0 spiro atoms. The Kier molecular flexibility index (Phi) is 4.75. The van der Waals surface area contributed by atoms with Crippen molar-refractivity contribution in [3.05, 3.63) is 58.6 Å². The van der Waals surface area contributed by atoms with Crippen molar-refractivity contribution in [2.75, 3.05) is 12.3 Å². The number of halogens is 1. The third kappa shape index (κ3) is 3.31. The lowest BCUT2D eigenvalue weighted by Crippen LogP contribution is -2.43. The van der Waals surface area contributed by atoms with E-state index < -0.39 is 35.8 Å². The van der Waals surface area contributed by atoms with E-state index in [9.17, 15) is 19.1 Å². The Morgan fingerprint density at radius 2 is 2.12 bits per heavy atom. The molecule has 1 saturated heterocycles. The number of hydrogen-bond donors (Lipinski definition) is 2. The predicted molar refractivity (Wildman–Crippen MR) is 89.1 cm³/mol. The average Bonchev–Trinajstić information content (AvgIpc) is 2.84. The van der Waals surface area contributed by atoms with Crippen LogP contribution in [-0.2, 0) is 9.47 Å². The van der Waals surface area contributed by atoms with E-state index in [4.69, 9.17) is 15.2 Å². The first-order valence-electron chi connectivity index (χ1n) is 7.90. The van der Waals surface area contributed by atoms with Crippen LogP contribution in [0.5, 0.6) is 0 Å². The number of hydrogen-bond acceptors (Lipinski definition) is 7. The minimum Gasteiger partial charge on any atom is -0.459 e. The highest BCUT2D eigenvalue weighted by Crippen LogP contribution is 2.40. The molecule has 3 rings (SSSR count). The highest BCUT2D eigenvalue weighted by atomic mass is 19.1. The van der Waals surface area contributed by atoms with Gasteiger partial charge in [-0.2, -0.15) is 4.98 Å². The van der Waals surface area contributed by atoms with Crippen molar-refractivity contribution >= 4 is 11.8 Å². The molecule has 0 saturated carbocycles. The van der Waals surface area contributed by atoms with Crippen molar-refractivity contribution in [1.29, 1.82) is 0 Å². The van der Waals surface area contributed by atoms with Crippen molar-refractivity contribution < 1.29 is 23.8 Å². The number of aliphatic hydroxyl groups excluding tert-OH is 1. The number of esters is 1. The first-order valence-corrected chi connectivity index (χ1v) is 7.90. The topological polar surface area (TPSA) is 117 Å². The summed E-state index contributed by atoms with van der Waals surface area (Å²) in [4.78, 5) is 27.4. The Bertz CT molecular complexity index is 855. The molecule has 3 N–H and O–H groups in total. The largest absolute Gasteiger partial charge is 0.459 e. The molecule has 0 radical (unpaired) electrons. The van der Waals surface area contributed by atoms with Gasteiger partial charge in [-0.1, -0.05) is 18.2 Å². The van der Waals surface area contributed by atoms with Crippen LogP contribution in [0, 0.1) is 0 Å². The first kappa shape index (κ1) is 18.0. The summed E-state index contributed by atoms with van der Waals surface area (Å²) in [6, 6.07) is 9.54. The fourth-order valence-corrected chi connectivity index (χ4v) is 2.77. The van der Waals surface area contributed by atoms with Gasteiger partial charge in [0.1, 0.15) is 24.6 Å². The van der Waals surface area contributed by atoms with E-state index >= 15 is 0 Å². The Hall–Kier alpha value is -2.78. The van der Waals surface area contributed by atoms with Gasteiger partial charge < -0.3 is 20.3 Å². The summed E-state index contributed by atoms with van der Waals surface area (Å²) in [6.45, 7) is 0.728. The molecule has 0 amide bonds. The lowest BCUT2D eigenvalue weighted by Gasteiger charge is -2.24. The number of rotatable bonds is 4. The van der Waals surface area contributed by atoms with Crippen LogP contribution in [0.4, 0.5) is 10.2 Å². The average molecular weight is 363 g/mol. The number of benzene rings is 1. The van der Waals surface area contributed by atoms with Crippen LogP contribution >= 0.6 is 0 Å².